The molecule has 39 heavy (non-hydrogen) atoms. The molecule has 0 fully saturated rings. The van der Waals surface area contributed by atoms with Crippen molar-refractivity contribution in [3.8, 4) is 17.6 Å². The number of unbranched alkanes of at least 4 members (excludes halogenated alkanes) is 1. The molecule has 0 spiro atoms. The lowest BCUT2D eigenvalue weighted by Gasteiger charge is -2.12. The molecule has 0 radical (unpaired) electrons. The zero-order valence-electron chi connectivity index (χ0n) is 22.2. The molecule has 0 aliphatic rings. The van der Waals surface area contributed by atoms with Gasteiger partial charge in [-0.3, -0.25) is 4.79 Å². The van der Waals surface area contributed by atoms with Crippen LogP contribution in [0, 0.1) is 11.8 Å². The lowest BCUT2D eigenvalue weighted by molar-refractivity contribution is 0.0981. The fraction of sp³-hybridized carbons (Fsp3) is 0.233. The highest BCUT2D eigenvalue weighted by molar-refractivity contribution is 7.90. The van der Waals surface area contributed by atoms with Gasteiger partial charge in [-0.25, -0.2) is 13.1 Å². The van der Waals surface area contributed by atoms with E-state index in [0.29, 0.717) is 36.4 Å². The van der Waals surface area contributed by atoms with E-state index >= 15 is 0 Å². The van der Waals surface area contributed by atoms with Crippen LogP contribution in [0.5, 0.6) is 5.75 Å². The van der Waals surface area contributed by atoms with Crippen LogP contribution in [0.25, 0.3) is 10.9 Å². The Hall–Kier alpha value is -4.26. The summed E-state index contributed by atoms with van der Waals surface area (Å²) >= 11 is 0. The summed E-state index contributed by atoms with van der Waals surface area (Å²) in [5.41, 5.74) is 10.1. The third kappa shape index (κ3) is 6.42. The number of nitrogen functional groups attached to an aromatic ring is 1. The van der Waals surface area contributed by atoms with Crippen molar-refractivity contribution in [2.45, 2.75) is 24.2 Å². The lowest BCUT2D eigenvalue weighted by atomic mass is 10.0. The van der Waals surface area contributed by atoms with E-state index in [1.54, 1.807) is 43.5 Å². The van der Waals surface area contributed by atoms with Gasteiger partial charge < -0.3 is 19.8 Å². The predicted molar refractivity (Wildman–Crippen MR) is 152 cm³/mol. The normalized spacial score (nSPS) is 11.2. The number of sulfonamides is 1. The van der Waals surface area contributed by atoms with Crippen molar-refractivity contribution < 1.29 is 22.7 Å². The average Bonchev–Trinajstić information content (AvgIpc) is 3.22. The molecular formula is C30H31N3O5S. The van der Waals surface area contributed by atoms with Crippen LogP contribution >= 0.6 is 0 Å². The number of nitrogens with two attached hydrogens (primary N) is 1. The van der Waals surface area contributed by atoms with Crippen LogP contribution in [0.1, 0.15) is 39.9 Å². The van der Waals surface area contributed by atoms with E-state index in [-0.39, 0.29) is 10.5 Å². The van der Waals surface area contributed by atoms with E-state index in [9.17, 15) is 13.2 Å². The molecule has 1 aromatic heterocycles. The van der Waals surface area contributed by atoms with Gasteiger partial charge in [-0.2, -0.15) is 0 Å². The molecule has 0 aliphatic carbocycles. The lowest BCUT2D eigenvalue weighted by Crippen LogP contribution is -2.31. The quantitative estimate of drug-likeness (QED) is 0.185. The number of carbonyl (C=O) groups excluding carboxylic acids is 1. The summed E-state index contributed by atoms with van der Waals surface area (Å²) in [6.07, 6.45) is 3.88. The molecule has 0 saturated carbocycles. The predicted octanol–water partition coefficient (Wildman–Crippen LogP) is 4.26. The van der Waals surface area contributed by atoms with Crippen molar-refractivity contribution >= 4 is 32.5 Å². The van der Waals surface area contributed by atoms with Gasteiger partial charge in [0, 0.05) is 67.5 Å². The monoisotopic (exact) mass is 545 g/mol. The summed E-state index contributed by atoms with van der Waals surface area (Å²) < 4.78 is 41.0. The smallest absolute Gasteiger partial charge is 0.265 e. The van der Waals surface area contributed by atoms with Crippen LogP contribution in [0.3, 0.4) is 0 Å². The van der Waals surface area contributed by atoms with E-state index in [0.717, 1.165) is 28.5 Å². The molecular weight excluding hydrogens is 514 g/mol. The second-order valence-corrected chi connectivity index (χ2v) is 10.7. The molecule has 0 bridgehead atoms. The van der Waals surface area contributed by atoms with Crippen LogP contribution in [0.2, 0.25) is 0 Å². The van der Waals surface area contributed by atoms with Crippen LogP contribution < -0.4 is 15.2 Å². The second kappa shape index (κ2) is 12.1. The molecule has 1 heterocycles. The Kier molecular flexibility index (Phi) is 8.59. The van der Waals surface area contributed by atoms with Crippen LogP contribution in [-0.2, 0) is 28.2 Å². The molecule has 0 aliphatic heterocycles. The van der Waals surface area contributed by atoms with E-state index in [1.807, 2.05) is 36.0 Å². The maximum absolute atomic E-state index is 13.1. The number of hydrogen-bond donors (Lipinski definition) is 2. The molecule has 0 atom stereocenters. The van der Waals surface area contributed by atoms with E-state index in [2.05, 4.69) is 16.6 Å². The Labute approximate surface area is 228 Å². The van der Waals surface area contributed by atoms with Gasteiger partial charge in [-0.15, -0.1) is 0 Å². The van der Waals surface area contributed by atoms with Gasteiger partial charge in [0.1, 0.15) is 10.6 Å². The highest BCUT2D eigenvalue weighted by Crippen LogP contribution is 2.29. The first-order valence-electron chi connectivity index (χ1n) is 12.4. The van der Waals surface area contributed by atoms with Crippen molar-refractivity contribution in [2.75, 3.05) is 26.6 Å². The standard InChI is InChI=1S/C30H31N3O5S/c1-33-20-24(26-19-25(31)14-15-27(26)33)17-22-12-13-23(18-28(22)38-3)30(34)32-39(35,36)29-11-7-6-10-21(29)9-5-4-8-16-37-2/h6-7,10-15,18-20H,4,8,16-17,31H2,1-3H3,(H,32,34). The molecule has 202 valence electrons. The molecule has 3 N–H and O–H groups in total. The Morgan fingerprint density at radius 1 is 1.05 bits per heavy atom. The van der Waals surface area contributed by atoms with Gasteiger partial charge in [0.2, 0.25) is 0 Å². The number of rotatable bonds is 9. The Morgan fingerprint density at radius 3 is 2.62 bits per heavy atom. The third-order valence-electron chi connectivity index (χ3n) is 6.30. The number of fused-ring (bicyclic) bond motifs is 1. The number of nitrogens with one attached hydrogen (secondary N) is 1. The summed E-state index contributed by atoms with van der Waals surface area (Å²) in [4.78, 5) is 13.0. The fourth-order valence-corrected chi connectivity index (χ4v) is 5.51. The highest BCUT2D eigenvalue weighted by atomic mass is 32.2. The largest absolute Gasteiger partial charge is 0.496 e. The summed E-state index contributed by atoms with van der Waals surface area (Å²) in [5.74, 6) is 5.56. The SMILES string of the molecule is COCCCC#Cc1ccccc1S(=O)(=O)NC(=O)c1ccc(Cc2cn(C)c3ccc(N)cc23)c(OC)c1. The Morgan fingerprint density at radius 2 is 1.85 bits per heavy atom. The zero-order chi connectivity index (χ0) is 28.0. The molecule has 1 amide bonds. The van der Waals surface area contributed by atoms with E-state index < -0.39 is 15.9 Å². The molecule has 9 heteroatoms. The number of methoxy groups -OCH3 is 2. The van der Waals surface area contributed by atoms with E-state index in [4.69, 9.17) is 15.2 Å². The first-order valence-corrected chi connectivity index (χ1v) is 13.9. The number of hydrogen-bond acceptors (Lipinski definition) is 6. The van der Waals surface area contributed by atoms with Crippen LogP contribution in [0.15, 0.2) is 71.8 Å². The van der Waals surface area contributed by atoms with Gasteiger partial charge in [-0.1, -0.05) is 30.0 Å². The fourth-order valence-electron chi connectivity index (χ4n) is 4.37. The van der Waals surface area contributed by atoms with Crippen LogP contribution in [0.4, 0.5) is 5.69 Å². The minimum atomic E-state index is -4.17. The van der Waals surface area contributed by atoms with Crippen molar-refractivity contribution in [2.24, 2.45) is 7.05 Å². The maximum atomic E-state index is 13.1. The first-order chi connectivity index (χ1) is 18.7. The minimum absolute atomic E-state index is 0.0589. The number of nitrogens with zero attached hydrogens (tertiary/aromatic N) is 1. The van der Waals surface area contributed by atoms with Crippen LogP contribution in [-0.4, -0.2) is 39.7 Å². The summed E-state index contributed by atoms with van der Waals surface area (Å²) in [7, 11) is 0.926. The average molecular weight is 546 g/mol. The number of benzene rings is 3. The van der Waals surface area contributed by atoms with Gasteiger partial charge >= 0.3 is 0 Å². The molecule has 8 nitrogen and oxygen atoms in total. The number of aromatic nitrogens is 1. The Bertz CT molecular complexity index is 1680. The van der Waals surface area contributed by atoms with Gasteiger partial charge in [-0.05, 0) is 60.0 Å². The summed E-state index contributed by atoms with van der Waals surface area (Å²) in [6, 6.07) is 17.0. The van der Waals surface area contributed by atoms with Crippen molar-refractivity contribution in [1.29, 1.82) is 0 Å². The Balaban J connectivity index is 1.55. The number of anilines is 1. The maximum Gasteiger partial charge on any atom is 0.265 e. The number of amides is 1. The first kappa shape index (κ1) is 27.8. The van der Waals surface area contributed by atoms with Gasteiger partial charge in [0.05, 0.1) is 7.11 Å². The molecule has 4 aromatic rings. The summed E-state index contributed by atoms with van der Waals surface area (Å²) in [6.45, 7) is 0.573. The zero-order valence-corrected chi connectivity index (χ0v) is 23.0. The summed E-state index contributed by atoms with van der Waals surface area (Å²) in [5, 5.41) is 1.04. The third-order valence-corrected chi connectivity index (χ3v) is 7.69. The minimum Gasteiger partial charge on any atom is -0.496 e. The van der Waals surface area contributed by atoms with E-state index in [1.165, 1.54) is 13.2 Å². The number of aryl methyl sites for hydroxylation is 1. The second-order valence-electron chi connectivity index (χ2n) is 9.07. The topological polar surface area (TPSA) is 113 Å². The number of carbonyl (C=O) groups is 1. The highest BCUT2D eigenvalue weighted by Gasteiger charge is 2.22. The van der Waals surface area contributed by atoms with Gasteiger partial charge in [0.15, 0.2) is 0 Å². The molecule has 4 rings (SSSR count). The number of ether oxygens (including phenoxy) is 2. The van der Waals surface area contributed by atoms with Crippen molar-refractivity contribution in [1.82, 2.24) is 9.29 Å². The van der Waals surface area contributed by atoms with Crippen molar-refractivity contribution in [3.05, 3.63) is 89.1 Å². The molecule has 3 aromatic carbocycles. The molecule has 0 unspecified atom stereocenters. The molecule has 0 saturated heterocycles. The van der Waals surface area contributed by atoms with Crippen molar-refractivity contribution in [3.63, 3.8) is 0 Å². The van der Waals surface area contributed by atoms with Gasteiger partial charge in [0.25, 0.3) is 15.9 Å².